The summed E-state index contributed by atoms with van der Waals surface area (Å²) in [5, 5.41) is 0.775. The molecule has 5 rings (SSSR count). The van der Waals surface area contributed by atoms with Crippen molar-refractivity contribution in [2.75, 3.05) is 44.3 Å². The Morgan fingerprint density at radius 2 is 1.78 bits per heavy atom. The number of ether oxygens (including phenoxy) is 2. The fourth-order valence-electron chi connectivity index (χ4n) is 4.22. The molecule has 0 saturated carbocycles. The van der Waals surface area contributed by atoms with Crippen molar-refractivity contribution in [1.82, 2.24) is 4.90 Å². The molecule has 2 aromatic rings. The summed E-state index contributed by atoms with van der Waals surface area (Å²) in [4.78, 5) is 17.2. The lowest BCUT2D eigenvalue weighted by Gasteiger charge is -2.40. The number of piperazine rings is 1. The molecule has 27 heavy (non-hydrogen) atoms. The predicted octanol–water partition coefficient (Wildman–Crippen LogP) is 3.10. The lowest BCUT2D eigenvalue weighted by Crippen LogP contribution is -2.51. The number of rotatable bonds is 2. The minimum absolute atomic E-state index is 0.0357. The number of carbonyl (C=O) groups excluding carboxylic acids is 1. The summed E-state index contributed by atoms with van der Waals surface area (Å²) in [6, 6.07) is 11.9. The summed E-state index contributed by atoms with van der Waals surface area (Å²) in [6.45, 7) is 4.19. The van der Waals surface area contributed by atoms with Crippen LogP contribution < -0.4 is 14.4 Å². The molecule has 5 nitrogen and oxygen atoms in total. The summed E-state index contributed by atoms with van der Waals surface area (Å²) >= 11 is 6.21. The average Bonchev–Trinajstić information content (AvgIpc) is 2.69. The van der Waals surface area contributed by atoms with Crippen LogP contribution in [0.5, 0.6) is 11.5 Å². The van der Waals surface area contributed by atoms with Gasteiger partial charge in [-0.1, -0.05) is 29.8 Å². The van der Waals surface area contributed by atoms with E-state index in [0.29, 0.717) is 13.2 Å². The highest BCUT2D eigenvalue weighted by atomic mass is 35.5. The number of carbonyl (C=O) groups is 1. The molecule has 0 radical (unpaired) electrons. The van der Waals surface area contributed by atoms with Gasteiger partial charge in [0.15, 0.2) is 11.5 Å². The van der Waals surface area contributed by atoms with Crippen LogP contribution in [0, 0.1) is 0 Å². The first kappa shape index (κ1) is 16.8. The number of fused-ring (bicyclic) bond motifs is 2. The summed E-state index contributed by atoms with van der Waals surface area (Å²) < 4.78 is 11.5. The Hall–Kier alpha value is -2.40. The molecule has 2 aromatic carbocycles. The molecule has 1 atom stereocenters. The van der Waals surface area contributed by atoms with Gasteiger partial charge in [-0.05, 0) is 35.7 Å². The normalized spacial score (nSPS) is 20.7. The van der Waals surface area contributed by atoms with Crippen LogP contribution >= 0.6 is 11.6 Å². The summed E-state index contributed by atoms with van der Waals surface area (Å²) in [7, 11) is 0. The zero-order chi connectivity index (χ0) is 18.4. The molecular formula is C21H21ClN2O3. The molecule has 1 saturated heterocycles. The van der Waals surface area contributed by atoms with Crippen LogP contribution in [0.2, 0.25) is 5.02 Å². The number of benzene rings is 2. The van der Waals surface area contributed by atoms with Crippen molar-refractivity contribution in [3.63, 3.8) is 0 Å². The second-order valence-electron chi connectivity index (χ2n) is 7.18. The van der Waals surface area contributed by atoms with E-state index in [4.69, 9.17) is 21.1 Å². The molecule has 140 valence electrons. The molecule has 2 aliphatic heterocycles. The van der Waals surface area contributed by atoms with Gasteiger partial charge in [0.25, 0.3) is 0 Å². The van der Waals surface area contributed by atoms with Gasteiger partial charge in [0.1, 0.15) is 13.2 Å². The number of halogens is 1. The standard InChI is InChI=1S/C21H21ClN2O3/c22-17-4-1-3-14-15(17)13-16(14)21(25)24-9-7-23(8-10-24)18-5-2-6-19-20(18)27-12-11-26-19/h1-6,16H,7-13H2. The number of amides is 1. The third kappa shape index (κ3) is 2.81. The topological polar surface area (TPSA) is 42.0 Å². The van der Waals surface area contributed by atoms with E-state index in [1.807, 2.05) is 35.2 Å². The predicted molar refractivity (Wildman–Crippen MR) is 104 cm³/mol. The van der Waals surface area contributed by atoms with Crippen LogP contribution in [-0.2, 0) is 11.2 Å². The molecule has 0 aromatic heterocycles. The second-order valence-corrected chi connectivity index (χ2v) is 7.59. The highest BCUT2D eigenvalue weighted by molar-refractivity contribution is 6.31. The van der Waals surface area contributed by atoms with E-state index < -0.39 is 0 Å². The van der Waals surface area contributed by atoms with Gasteiger partial charge in [-0.15, -0.1) is 0 Å². The van der Waals surface area contributed by atoms with Gasteiger partial charge in [-0.25, -0.2) is 0 Å². The molecule has 0 spiro atoms. The number of para-hydroxylation sites is 1. The zero-order valence-corrected chi connectivity index (χ0v) is 15.7. The van der Waals surface area contributed by atoms with Crippen molar-refractivity contribution in [3.05, 3.63) is 52.5 Å². The van der Waals surface area contributed by atoms with Gasteiger partial charge >= 0.3 is 0 Å². The Kier molecular flexibility index (Phi) is 4.12. The van der Waals surface area contributed by atoms with Crippen molar-refractivity contribution in [1.29, 1.82) is 0 Å². The quantitative estimate of drug-likeness (QED) is 0.798. The first-order valence-corrected chi connectivity index (χ1v) is 9.80. The lowest BCUT2D eigenvalue weighted by molar-refractivity contribution is -0.133. The number of nitrogens with zero attached hydrogens (tertiary/aromatic N) is 2. The van der Waals surface area contributed by atoms with Gasteiger partial charge < -0.3 is 19.3 Å². The Labute approximate surface area is 163 Å². The van der Waals surface area contributed by atoms with E-state index >= 15 is 0 Å². The molecule has 0 bridgehead atoms. The van der Waals surface area contributed by atoms with Crippen molar-refractivity contribution >= 4 is 23.2 Å². The number of hydrogen-bond acceptors (Lipinski definition) is 4. The molecule has 6 heteroatoms. The fraction of sp³-hybridized carbons (Fsp3) is 0.381. The van der Waals surface area contributed by atoms with Crippen LogP contribution in [0.4, 0.5) is 5.69 Å². The van der Waals surface area contributed by atoms with Crippen LogP contribution in [0.25, 0.3) is 0 Å². The minimum Gasteiger partial charge on any atom is -0.486 e. The fourth-order valence-corrected chi connectivity index (χ4v) is 4.47. The molecule has 1 aliphatic carbocycles. The van der Waals surface area contributed by atoms with Crippen LogP contribution in [0.1, 0.15) is 17.0 Å². The van der Waals surface area contributed by atoms with Crippen molar-refractivity contribution in [3.8, 4) is 11.5 Å². The van der Waals surface area contributed by atoms with Crippen molar-refractivity contribution in [2.45, 2.75) is 12.3 Å². The lowest BCUT2D eigenvalue weighted by atomic mass is 9.76. The Bertz CT molecular complexity index is 893. The van der Waals surface area contributed by atoms with Crippen LogP contribution in [0.3, 0.4) is 0 Å². The molecular weight excluding hydrogens is 364 g/mol. The first-order valence-electron chi connectivity index (χ1n) is 9.42. The smallest absolute Gasteiger partial charge is 0.230 e. The molecule has 1 unspecified atom stereocenters. The maximum atomic E-state index is 12.9. The van der Waals surface area contributed by atoms with E-state index in [2.05, 4.69) is 11.0 Å². The van der Waals surface area contributed by atoms with E-state index in [1.54, 1.807) is 0 Å². The summed E-state index contributed by atoms with van der Waals surface area (Å²) in [5.41, 5.74) is 3.28. The third-order valence-electron chi connectivity index (χ3n) is 5.71. The van der Waals surface area contributed by atoms with Gasteiger partial charge in [0.05, 0.1) is 11.6 Å². The Balaban J connectivity index is 1.27. The maximum Gasteiger partial charge on any atom is 0.230 e. The zero-order valence-electron chi connectivity index (χ0n) is 15.0. The van der Waals surface area contributed by atoms with Gasteiger partial charge in [0.2, 0.25) is 5.91 Å². The number of anilines is 1. The SMILES string of the molecule is O=C(C1Cc2c(Cl)cccc21)N1CCN(c2cccc3c2OCCO3)CC1. The van der Waals surface area contributed by atoms with E-state index in [0.717, 1.165) is 65.9 Å². The molecule has 2 heterocycles. The third-order valence-corrected chi connectivity index (χ3v) is 6.07. The van der Waals surface area contributed by atoms with Gasteiger partial charge in [-0.2, -0.15) is 0 Å². The first-order chi connectivity index (χ1) is 13.2. The minimum atomic E-state index is -0.0357. The molecule has 0 N–H and O–H groups in total. The number of hydrogen-bond donors (Lipinski definition) is 0. The maximum absolute atomic E-state index is 12.9. The van der Waals surface area contributed by atoms with Crippen molar-refractivity contribution < 1.29 is 14.3 Å². The molecule has 1 fully saturated rings. The van der Waals surface area contributed by atoms with Gasteiger partial charge in [-0.3, -0.25) is 4.79 Å². The largest absolute Gasteiger partial charge is 0.486 e. The van der Waals surface area contributed by atoms with E-state index in [-0.39, 0.29) is 11.8 Å². The highest BCUT2D eigenvalue weighted by Crippen LogP contribution is 2.42. The monoisotopic (exact) mass is 384 g/mol. The van der Waals surface area contributed by atoms with E-state index in [9.17, 15) is 4.79 Å². The van der Waals surface area contributed by atoms with E-state index in [1.165, 1.54) is 0 Å². The van der Waals surface area contributed by atoms with Crippen molar-refractivity contribution in [2.24, 2.45) is 0 Å². The molecule has 1 amide bonds. The summed E-state index contributed by atoms with van der Waals surface area (Å²) in [6.07, 6.45) is 0.755. The Morgan fingerprint density at radius 1 is 1.00 bits per heavy atom. The summed E-state index contributed by atoms with van der Waals surface area (Å²) in [5.74, 6) is 1.82. The second kappa shape index (κ2) is 6.64. The average molecular weight is 385 g/mol. The molecule has 3 aliphatic rings. The van der Waals surface area contributed by atoms with Crippen LogP contribution in [-0.4, -0.2) is 50.2 Å². The van der Waals surface area contributed by atoms with Gasteiger partial charge in [0, 0.05) is 31.2 Å². The highest BCUT2D eigenvalue weighted by Gasteiger charge is 2.37. The Morgan fingerprint density at radius 3 is 2.63 bits per heavy atom. The van der Waals surface area contributed by atoms with Crippen LogP contribution in [0.15, 0.2) is 36.4 Å².